The predicted molar refractivity (Wildman–Crippen MR) is 67.0 cm³/mol. The van der Waals surface area contributed by atoms with Crippen molar-refractivity contribution < 1.29 is 4.74 Å². The van der Waals surface area contributed by atoms with Gasteiger partial charge in [0.15, 0.2) is 0 Å². The minimum atomic E-state index is 0.435. The Bertz CT molecular complexity index is 352. The van der Waals surface area contributed by atoms with Crippen molar-refractivity contribution in [1.82, 2.24) is 15.3 Å². The molecule has 0 saturated carbocycles. The first-order valence-electron chi connectivity index (χ1n) is 6.13. The zero-order valence-corrected chi connectivity index (χ0v) is 10.5. The van der Waals surface area contributed by atoms with Crippen LogP contribution < -0.4 is 10.2 Å². The Labute approximate surface area is 102 Å². The highest BCUT2D eigenvalue weighted by Gasteiger charge is 2.22. The lowest BCUT2D eigenvalue weighted by Crippen LogP contribution is -2.33. The van der Waals surface area contributed by atoms with Crippen molar-refractivity contribution in [3.63, 3.8) is 0 Å². The molecule has 1 aromatic rings. The summed E-state index contributed by atoms with van der Waals surface area (Å²) >= 11 is 0. The summed E-state index contributed by atoms with van der Waals surface area (Å²) in [6, 6.07) is 0.435. The second-order valence-electron chi connectivity index (χ2n) is 4.28. The number of aromatic nitrogens is 2. The van der Waals surface area contributed by atoms with Crippen LogP contribution in [0.1, 0.15) is 18.9 Å². The minimum absolute atomic E-state index is 0.435. The van der Waals surface area contributed by atoms with Crippen LogP contribution in [0.2, 0.25) is 0 Å². The topological polar surface area (TPSA) is 50.3 Å². The molecule has 5 nitrogen and oxygen atoms in total. The van der Waals surface area contributed by atoms with Gasteiger partial charge in [0.1, 0.15) is 12.1 Å². The fraction of sp³-hybridized carbons (Fsp3) is 0.667. The van der Waals surface area contributed by atoms with Crippen molar-refractivity contribution in [2.24, 2.45) is 0 Å². The maximum Gasteiger partial charge on any atom is 0.136 e. The van der Waals surface area contributed by atoms with Crippen LogP contribution in [0.15, 0.2) is 12.5 Å². The van der Waals surface area contributed by atoms with Gasteiger partial charge in [-0.3, -0.25) is 0 Å². The molecule has 17 heavy (non-hydrogen) atoms. The first-order valence-corrected chi connectivity index (χ1v) is 6.13. The first-order chi connectivity index (χ1) is 8.33. The maximum atomic E-state index is 5.42. The fourth-order valence-corrected chi connectivity index (χ4v) is 2.05. The molecule has 0 radical (unpaired) electrons. The lowest BCUT2D eigenvalue weighted by atomic mass is 10.2. The van der Waals surface area contributed by atoms with Crippen LogP contribution in [0.3, 0.4) is 0 Å². The number of hydrogen-bond acceptors (Lipinski definition) is 5. The molecular weight excluding hydrogens is 216 g/mol. The van der Waals surface area contributed by atoms with E-state index >= 15 is 0 Å². The summed E-state index contributed by atoms with van der Waals surface area (Å²) < 4.78 is 5.42. The predicted octanol–water partition coefficient (Wildman–Crippen LogP) is 0.811. The largest absolute Gasteiger partial charge is 0.379 e. The lowest BCUT2D eigenvalue weighted by molar-refractivity contribution is 0.193. The molecule has 5 heteroatoms. The zero-order chi connectivity index (χ0) is 12.1. The molecule has 0 bridgehead atoms. The highest BCUT2D eigenvalue weighted by Crippen LogP contribution is 2.20. The van der Waals surface area contributed by atoms with Crippen LogP contribution in [0, 0.1) is 0 Å². The first kappa shape index (κ1) is 12.3. The van der Waals surface area contributed by atoms with Crippen LogP contribution in [0.25, 0.3) is 0 Å². The summed E-state index contributed by atoms with van der Waals surface area (Å²) in [6.45, 7) is 5.50. The normalized spacial score (nSPS) is 19.5. The summed E-state index contributed by atoms with van der Waals surface area (Å²) in [6.07, 6.45) is 4.57. The number of anilines is 1. The number of hydrogen-bond donors (Lipinski definition) is 1. The van der Waals surface area contributed by atoms with Crippen molar-refractivity contribution in [1.29, 1.82) is 0 Å². The SMILES string of the molecule is CCNCc1cncnc1N(C)C1CCOC1. The molecule has 0 aliphatic carbocycles. The molecule has 0 aromatic carbocycles. The molecule has 0 amide bonds. The smallest absolute Gasteiger partial charge is 0.136 e. The van der Waals surface area contributed by atoms with Gasteiger partial charge in [0.2, 0.25) is 0 Å². The van der Waals surface area contributed by atoms with Gasteiger partial charge in [-0.25, -0.2) is 9.97 Å². The number of likely N-dealkylation sites (N-methyl/N-ethyl adjacent to an activating group) is 1. The number of ether oxygens (including phenoxy) is 1. The Morgan fingerprint density at radius 1 is 1.59 bits per heavy atom. The third-order valence-corrected chi connectivity index (χ3v) is 3.12. The number of nitrogens with one attached hydrogen (secondary N) is 1. The molecule has 2 heterocycles. The zero-order valence-electron chi connectivity index (χ0n) is 10.5. The van der Waals surface area contributed by atoms with Gasteiger partial charge >= 0.3 is 0 Å². The molecule has 0 spiro atoms. The van der Waals surface area contributed by atoms with Gasteiger partial charge in [0.05, 0.1) is 12.6 Å². The van der Waals surface area contributed by atoms with Gasteiger partial charge in [-0.15, -0.1) is 0 Å². The van der Waals surface area contributed by atoms with E-state index in [0.717, 1.165) is 44.1 Å². The van der Waals surface area contributed by atoms with E-state index in [0.29, 0.717) is 6.04 Å². The number of rotatable bonds is 5. The molecular formula is C12H20N4O. The van der Waals surface area contributed by atoms with Gasteiger partial charge in [-0.05, 0) is 13.0 Å². The van der Waals surface area contributed by atoms with E-state index in [4.69, 9.17) is 4.74 Å². The molecule has 1 aromatic heterocycles. The molecule has 1 fully saturated rings. The Kier molecular flexibility index (Phi) is 4.28. The summed E-state index contributed by atoms with van der Waals surface area (Å²) in [5, 5.41) is 3.31. The fourth-order valence-electron chi connectivity index (χ4n) is 2.05. The van der Waals surface area contributed by atoms with Gasteiger partial charge in [0.25, 0.3) is 0 Å². The van der Waals surface area contributed by atoms with E-state index in [1.54, 1.807) is 6.33 Å². The number of nitrogens with zero attached hydrogens (tertiary/aromatic N) is 3. The van der Waals surface area contributed by atoms with Gasteiger partial charge < -0.3 is 15.0 Å². The van der Waals surface area contributed by atoms with E-state index in [2.05, 4.69) is 34.2 Å². The van der Waals surface area contributed by atoms with Crippen LogP contribution in [0.4, 0.5) is 5.82 Å². The van der Waals surface area contributed by atoms with Crippen LogP contribution in [-0.2, 0) is 11.3 Å². The van der Waals surface area contributed by atoms with E-state index < -0.39 is 0 Å². The van der Waals surface area contributed by atoms with Crippen molar-refractivity contribution in [2.45, 2.75) is 25.9 Å². The second kappa shape index (κ2) is 5.93. The van der Waals surface area contributed by atoms with Crippen molar-refractivity contribution >= 4 is 5.82 Å². The van der Waals surface area contributed by atoms with Crippen molar-refractivity contribution in [3.05, 3.63) is 18.1 Å². The monoisotopic (exact) mass is 236 g/mol. The van der Waals surface area contributed by atoms with Crippen molar-refractivity contribution in [2.75, 3.05) is 31.7 Å². The van der Waals surface area contributed by atoms with Crippen LogP contribution in [0.5, 0.6) is 0 Å². The maximum absolute atomic E-state index is 5.42. The minimum Gasteiger partial charge on any atom is -0.379 e. The van der Waals surface area contributed by atoms with Gasteiger partial charge in [-0.2, -0.15) is 0 Å². The molecule has 1 atom stereocenters. The molecule has 94 valence electrons. The van der Waals surface area contributed by atoms with Gasteiger partial charge in [-0.1, -0.05) is 6.92 Å². The van der Waals surface area contributed by atoms with E-state index in [1.165, 1.54) is 0 Å². The molecule has 1 aliphatic heterocycles. The highest BCUT2D eigenvalue weighted by atomic mass is 16.5. The molecule has 1 unspecified atom stereocenters. The quantitative estimate of drug-likeness (QED) is 0.820. The average Bonchev–Trinajstić information content (AvgIpc) is 2.89. The van der Waals surface area contributed by atoms with Gasteiger partial charge in [0, 0.05) is 32.0 Å². The van der Waals surface area contributed by atoms with E-state index in [-0.39, 0.29) is 0 Å². The molecule has 1 aliphatic rings. The average molecular weight is 236 g/mol. The molecule has 1 N–H and O–H groups in total. The Morgan fingerprint density at radius 3 is 3.18 bits per heavy atom. The second-order valence-corrected chi connectivity index (χ2v) is 4.28. The van der Waals surface area contributed by atoms with E-state index in [9.17, 15) is 0 Å². The summed E-state index contributed by atoms with van der Waals surface area (Å²) in [5.74, 6) is 1.01. The third kappa shape index (κ3) is 2.92. The van der Waals surface area contributed by atoms with Crippen LogP contribution in [-0.4, -0.2) is 42.8 Å². The van der Waals surface area contributed by atoms with E-state index in [1.807, 2.05) is 6.20 Å². The third-order valence-electron chi connectivity index (χ3n) is 3.12. The highest BCUT2D eigenvalue weighted by molar-refractivity contribution is 5.45. The summed E-state index contributed by atoms with van der Waals surface area (Å²) in [5.41, 5.74) is 1.14. The summed E-state index contributed by atoms with van der Waals surface area (Å²) in [7, 11) is 2.08. The molecule has 1 saturated heterocycles. The summed E-state index contributed by atoms with van der Waals surface area (Å²) in [4.78, 5) is 10.7. The van der Waals surface area contributed by atoms with Crippen molar-refractivity contribution in [3.8, 4) is 0 Å². The van der Waals surface area contributed by atoms with Crippen LogP contribution >= 0.6 is 0 Å². The Balaban J connectivity index is 2.12. The Morgan fingerprint density at radius 2 is 2.47 bits per heavy atom. The standard InChI is InChI=1S/C12H20N4O/c1-3-13-6-10-7-14-9-15-12(10)16(2)11-4-5-17-8-11/h7,9,11,13H,3-6,8H2,1-2H3. The molecule has 2 rings (SSSR count). The lowest BCUT2D eigenvalue weighted by Gasteiger charge is -2.26. The Hall–Kier alpha value is -1.20.